The first-order chi connectivity index (χ1) is 15.8. The number of amides is 2. The molecule has 1 aliphatic rings. The molecular weight excluding hydrogens is 508 g/mol. The number of carbonyl (C=O) groups excluding carboxylic acids is 3. The number of aliphatic hydroxyl groups excluding tert-OH is 1. The standard InChI is InChI=1S/C25H18BrClN2O4/c1-14(30)28-19-10-12-20(13-11-19)29-22(15-2-6-17(26)7-3-15)21(24(32)25(29)33)23(31)16-4-8-18(27)9-5-16/h2-13,22,31H,1H3,(H,28,30)/b23-21+/t22-/m0/s1. The Kier molecular flexibility index (Phi) is 6.35. The minimum absolute atomic E-state index is 0.0180. The van der Waals surface area contributed by atoms with Crippen LogP contribution in [0.25, 0.3) is 5.76 Å². The third-order valence-electron chi connectivity index (χ3n) is 5.21. The van der Waals surface area contributed by atoms with E-state index in [1.807, 2.05) is 0 Å². The molecule has 4 rings (SSSR count). The zero-order valence-electron chi connectivity index (χ0n) is 17.4. The number of nitrogens with one attached hydrogen (secondary N) is 1. The Hall–Kier alpha value is -3.42. The van der Waals surface area contributed by atoms with Gasteiger partial charge >= 0.3 is 0 Å². The average Bonchev–Trinajstić information content (AvgIpc) is 3.05. The van der Waals surface area contributed by atoms with Crippen LogP contribution >= 0.6 is 27.5 Å². The van der Waals surface area contributed by atoms with Gasteiger partial charge in [0.25, 0.3) is 11.7 Å². The monoisotopic (exact) mass is 524 g/mol. The Morgan fingerprint density at radius 3 is 2.15 bits per heavy atom. The fourth-order valence-electron chi connectivity index (χ4n) is 3.73. The molecule has 0 radical (unpaired) electrons. The van der Waals surface area contributed by atoms with Crippen LogP contribution in [-0.2, 0) is 14.4 Å². The normalized spacial score (nSPS) is 17.3. The van der Waals surface area contributed by atoms with Crippen LogP contribution in [0.15, 0.2) is 82.8 Å². The van der Waals surface area contributed by atoms with Gasteiger partial charge in [-0.25, -0.2) is 0 Å². The Bertz CT molecular complexity index is 1270. The molecule has 1 heterocycles. The number of aliphatic hydroxyl groups is 1. The van der Waals surface area contributed by atoms with E-state index in [1.165, 1.54) is 11.8 Å². The van der Waals surface area contributed by atoms with Crippen LogP contribution in [-0.4, -0.2) is 22.7 Å². The van der Waals surface area contributed by atoms with Crippen LogP contribution in [0.1, 0.15) is 24.1 Å². The van der Waals surface area contributed by atoms with Crippen molar-refractivity contribution in [2.75, 3.05) is 10.2 Å². The summed E-state index contributed by atoms with van der Waals surface area (Å²) < 4.78 is 0.834. The Morgan fingerprint density at radius 2 is 1.58 bits per heavy atom. The molecule has 3 aromatic rings. The molecule has 0 bridgehead atoms. The minimum Gasteiger partial charge on any atom is -0.507 e. The molecule has 1 atom stereocenters. The van der Waals surface area contributed by atoms with Crippen molar-refractivity contribution in [1.29, 1.82) is 0 Å². The lowest BCUT2D eigenvalue weighted by atomic mass is 9.95. The van der Waals surface area contributed by atoms with Crippen LogP contribution < -0.4 is 10.2 Å². The summed E-state index contributed by atoms with van der Waals surface area (Å²) in [7, 11) is 0. The predicted molar refractivity (Wildman–Crippen MR) is 131 cm³/mol. The molecule has 1 saturated heterocycles. The van der Waals surface area contributed by atoms with Crippen molar-refractivity contribution in [3.63, 3.8) is 0 Å². The molecule has 0 aromatic heterocycles. The van der Waals surface area contributed by atoms with Gasteiger partial charge in [0.05, 0.1) is 11.6 Å². The summed E-state index contributed by atoms with van der Waals surface area (Å²) in [6, 6.07) is 19.3. The fourth-order valence-corrected chi connectivity index (χ4v) is 4.12. The maximum absolute atomic E-state index is 13.2. The molecule has 3 aromatic carbocycles. The Morgan fingerprint density at radius 1 is 0.970 bits per heavy atom. The van der Waals surface area contributed by atoms with E-state index in [4.69, 9.17) is 11.6 Å². The van der Waals surface area contributed by atoms with E-state index in [1.54, 1.807) is 72.8 Å². The van der Waals surface area contributed by atoms with Gasteiger partial charge in [-0.2, -0.15) is 0 Å². The second-order valence-electron chi connectivity index (χ2n) is 7.46. The van der Waals surface area contributed by atoms with Gasteiger partial charge in [-0.1, -0.05) is 39.7 Å². The molecule has 8 heteroatoms. The van der Waals surface area contributed by atoms with Crippen LogP contribution in [0.4, 0.5) is 11.4 Å². The number of rotatable bonds is 4. The molecule has 1 fully saturated rings. The first kappa shape index (κ1) is 22.8. The topological polar surface area (TPSA) is 86.7 Å². The lowest BCUT2D eigenvalue weighted by Crippen LogP contribution is -2.29. The smallest absolute Gasteiger partial charge is 0.300 e. The van der Waals surface area contributed by atoms with Gasteiger partial charge in [0.15, 0.2) is 0 Å². The summed E-state index contributed by atoms with van der Waals surface area (Å²) in [6.45, 7) is 1.40. The lowest BCUT2D eigenvalue weighted by molar-refractivity contribution is -0.132. The van der Waals surface area contributed by atoms with Crippen LogP contribution in [0, 0.1) is 0 Å². The number of Topliss-reactive ketones (excluding diaryl/α,β-unsaturated/α-hetero) is 1. The van der Waals surface area contributed by atoms with Crippen molar-refractivity contribution >= 4 is 62.3 Å². The van der Waals surface area contributed by atoms with Crippen molar-refractivity contribution < 1.29 is 19.5 Å². The molecule has 166 valence electrons. The highest BCUT2D eigenvalue weighted by Gasteiger charge is 2.46. The van der Waals surface area contributed by atoms with Crippen LogP contribution in [0.3, 0.4) is 0 Å². The van der Waals surface area contributed by atoms with E-state index in [-0.39, 0.29) is 17.2 Å². The van der Waals surface area contributed by atoms with Gasteiger partial charge in [-0.3, -0.25) is 19.3 Å². The number of benzene rings is 3. The SMILES string of the molecule is CC(=O)Nc1ccc(N2C(=O)C(=O)/C(=C(/O)c3ccc(Cl)cc3)[C@@H]2c2ccc(Br)cc2)cc1. The van der Waals surface area contributed by atoms with Gasteiger partial charge in [-0.05, 0) is 66.2 Å². The van der Waals surface area contributed by atoms with Gasteiger partial charge in [0.1, 0.15) is 5.76 Å². The minimum atomic E-state index is -0.847. The Labute approximate surface area is 203 Å². The molecule has 2 amide bonds. The largest absolute Gasteiger partial charge is 0.507 e. The summed E-state index contributed by atoms with van der Waals surface area (Å²) in [6.07, 6.45) is 0. The maximum Gasteiger partial charge on any atom is 0.300 e. The highest BCUT2D eigenvalue weighted by Crippen LogP contribution is 2.42. The first-order valence-corrected chi connectivity index (χ1v) is 11.1. The van der Waals surface area contributed by atoms with Crippen molar-refractivity contribution in [1.82, 2.24) is 0 Å². The molecule has 0 spiro atoms. The third kappa shape index (κ3) is 4.55. The summed E-state index contributed by atoms with van der Waals surface area (Å²) in [5.41, 5.74) is 2.02. The van der Waals surface area contributed by atoms with Gasteiger partial charge in [0.2, 0.25) is 5.91 Å². The maximum atomic E-state index is 13.2. The second kappa shape index (κ2) is 9.21. The summed E-state index contributed by atoms with van der Waals surface area (Å²) in [4.78, 5) is 39.0. The number of ketones is 1. The molecule has 0 saturated carbocycles. The zero-order chi connectivity index (χ0) is 23.7. The number of hydrogen-bond donors (Lipinski definition) is 2. The lowest BCUT2D eigenvalue weighted by Gasteiger charge is -2.25. The second-order valence-corrected chi connectivity index (χ2v) is 8.81. The fraction of sp³-hybridized carbons (Fsp3) is 0.0800. The van der Waals surface area contributed by atoms with E-state index in [0.29, 0.717) is 27.5 Å². The van der Waals surface area contributed by atoms with Crippen LogP contribution in [0.2, 0.25) is 5.02 Å². The molecule has 33 heavy (non-hydrogen) atoms. The molecule has 1 aliphatic heterocycles. The quantitative estimate of drug-likeness (QED) is 0.260. The van der Waals surface area contributed by atoms with E-state index in [2.05, 4.69) is 21.2 Å². The highest BCUT2D eigenvalue weighted by molar-refractivity contribution is 9.10. The molecule has 0 unspecified atom stereocenters. The summed E-state index contributed by atoms with van der Waals surface area (Å²) >= 11 is 9.35. The van der Waals surface area contributed by atoms with Gasteiger partial charge < -0.3 is 10.4 Å². The molecule has 6 nitrogen and oxygen atoms in total. The van der Waals surface area contributed by atoms with Crippen LogP contribution in [0.5, 0.6) is 0 Å². The third-order valence-corrected chi connectivity index (χ3v) is 5.99. The van der Waals surface area contributed by atoms with Crippen molar-refractivity contribution in [2.24, 2.45) is 0 Å². The summed E-state index contributed by atoms with van der Waals surface area (Å²) in [5.74, 6) is -2.05. The van der Waals surface area contributed by atoms with E-state index >= 15 is 0 Å². The van der Waals surface area contributed by atoms with Crippen molar-refractivity contribution in [2.45, 2.75) is 13.0 Å². The average molecular weight is 526 g/mol. The zero-order valence-corrected chi connectivity index (χ0v) is 19.7. The first-order valence-electron chi connectivity index (χ1n) is 9.96. The molecule has 0 aliphatic carbocycles. The number of halogens is 2. The van der Waals surface area contributed by atoms with E-state index in [9.17, 15) is 19.5 Å². The Balaban J connectivity index is 1.87. The number of anilines is 2. The number of nitrogens with zero attached hydrogens (tertiary/aromatic N) is 1. The highest BCUT2D eigenvalue weighted by atomic mass is 79.9. The number of hydrogen-bond acceptors (Lipinski definition) is 4. The molecule has 2 N–H and O–H groups in total. The molecular formula is C25H18BrClN2O4. The van der Waals surface area contributed by atoms with Gasteiger partial charge in [0, 0.05) is 33.4 Å². The van der Waals surface area contributed by atoms with Gasteiger partial charge in [-0.15, -0.1) is 0 Å². The number of carbonyl (C=O) groups is 3. The van der Waals surface area contributed by atoms with Crippen molar-refractivity contribution in [3.05, 3.63) is 99.0 Å². The van der Waals surface area contributed by atoms with E-state index in [0.717, 1.165) is 4.47 Å². The van der Waals surface area contributed by atoms with E-state index < -0.39 is 17.7 Å². The van der Waals surface area contributed by atoms with Crippen molar-refractivity contribution in [3.8, 4) is 0 Å². The predicted octanol–water partition coefficient (Wildman–Crippen LogP) is 5.69. The summed E-state index contributed by atoms with van der Waals surface area (Å²) in [5, 5.41) is 14.2.